The summed E-state index contributed by atoms with van der Waals surface area (Å²) in [5.74, 6) is 0.356. The minimum atomic E-state index is -1.13. The van der Waals surface area contributed by atoms with Gasteiger partial charge < -0.3 is 15.2 Å². The second kappa shape index (κ2) is 6.43. The van der Waals surface area contributed by atoms with Crippen molar-refractivity contribution in [1.29, 1.82) is 0 Å². The highest BCUT2D eigenvalue weighted by Gasteiger charge is 2.33. The second-order valence-electron chi connectivity index (χ2n) is 5.91. The van der Waals surface area contributed by atoms with Crippen molar-refractivity contribution in [1.82, 2.24) is 0 Å². The molecule has 0 fully saturated rings. The molecule has 1 heterocycles. The lowest BCUT2D eigenvalue weighted by molar-refractivity contribution is -0.124. The molecule has 4 nitrogen and oxygen atoms in total. The highest BCUT2D eigenvalue weighted by molar-refractivity contribution is 8.00. The van der Waals surface area contributed by atoms with Crippen molar-refractivity contribution in [3.63, 3.8) is 0 Å². The van der Waals surface area contributed by atoms with E-state index in [1.54, 1.807) is 7.11 Å². The highest BCUT2D eigenvalue weighted by Crippen LogP contribution is 2.47. The average Bonchev–Trinajstić information content (AvgIpc) is 2.79. The minimum Gasteiger partial charge on any atom is -0.497 e. The zero-order chi connectivity index (χ0) is 17.4. The molecule has 1 aliphatic heterocycles. The number of aliphatic hydroxyl groups is 1. The van der Waals surface area contributed by atoms with E-state index in [-0.39, 0.29) is 5.91 Å². The van der Waals surface area contributed by atoms with Crippen LogP contribution in [0.25, 0.3) is 10.8 Å². The van der Waals surface area contributed by atoms with Gasteiger partial charge in [-0.1, -0.05) is 42.5 Å². The van der Waals surface area contributed by atoms with E-state index in [1.807, 2.05) is 60.7 Å². The van der Waals surface area contributed by atoms with Gasteiger partial charge in [0.2, 0.25) is 0 Å². The summed E-state index contributed by atoms with van der Waals surface area (Å²) in [6.07, 6.45) is -1.13. The Morgan fingerprint density at radius 2 is 1.80 bits per heavy atom. The first-order chi connectivity index (χ1) is 12.2. The Morgan fingerprint density at radius 1 is 1.04 bits per heavy atom. The molecule has 3 aromatic rings. The lowest BCUT2D eigenvalue weighted by Crippen LogP contribution is -2.30. The molecule has 0 unspecified atom stereocenters. The predicted octanol–water partition coefficient (Wildman–Crippen LogP) is 3.99. The van der Waals surface area contributed by atoms with Gasteiger partial charge in [0, 0.05) is 4.90 Å². The summed E-state index contributed by atoms with van der Waals surface area (Å²) in [5, 5.41) is 15.2. The van der Waals surface area contributed by atoms with Crippen LogP contribution in [0.1, 0.15) is 10.8 Å². The first-order valence-corrected chi connectivity index (χ1v) is 8.86. The van der Waals surface area contributed by atoms with Crippen LogP contribution in [0.15, 0.2) is 65.6 Å². The topological polar surface area (TPSA) is 58.6 Å². The molecule has 3 aromatic carbocycles. The summed E-state index contributed by atoms with van der Waals surface area (Å²) < 4.78 is 5.19. The standard InChI is InChI=1S/C20H17NO3S/c1-24-14-9-6-13(7-10-14)18-17(22)20(23)21-16-11-8-12-4-2-3-5-15(12)19(16)25-18/h2-11,17-18,22H,1H3,(H,21,23)/t17-,18+/m0/s1. The molecule has 126 valence electrons. The van der Waals surface area contributed by atoms with E-state index in [2.05, 4.69) is 5.32 Å². The minimum absolute atomic E-state index is 0.387. The lowest BCUT2D eigenvalue weighted by Gasteiger charge is -2.19. The number of amides is 1. The van der Waals surface area contributed by atoms with Crippen LogP contribution in [0.4, 0.5) is 5.69 Å². The van der Waals surface area contributed by atoms with E-state index in [9.17, 15) is 9.90 Å². The van der Waals surface area contributed by atoms with Gasteiger partial charge in [0.25, 0.3) is 5.91 Å². The molecule has 5 heteroatoms. The van der Waals surface area contributed by atoms with E-state index in [1.165, 1.54) is 11.8 Å². The summed E-state index contributed by atoms with van der Waals surface area (Å²) in [6.45, 7) is 0. The fourth-order valence-electron chi connectivity index (χ4n) is 3.05. The maximum absolute atomic E-state index is 12.4. The molecular formula is C20H17NO3S. The normalized spacial score (nSPS) is 19.8. The van der Waals surface area contributed by atoms with E-state index in [4.69, 9.17) is 4.74 Å². The van der Waals surface area contributed by atoms with Gasteiger partial charge in [-0.15, -0.1) is 11.8 Å². The predicted molar refractivity (Wildman–Crippen MR) is 100 cm³/mol. The number of nitrogens with one attached hydrogen (secondary N) is 1. The van der Waals surface area contributed by atoms with Crippen molar-refractivity contribution in [2.24, 2.45) is 0 Å². The number of rotatable bonds is 2. The van der Waals surface area contributed by atoms with Crippen LogP contribution in [0, 0.1) is 0 Å². The fraction of sp³-hybridized carbons (Fsp3) is 0.150. The highest BCUT2D eigenvalue weighted by atomic mass is 32.2. The number of aliphatic hydroxyl groups excluding tert-OH is 1. The molecule has 2 N–H and O–H groups in total. The Labute approximate surface area is 149 Å². The SMILES string of the molecule is COc1ccc([C@H]2Sc3c(ccc4ccccc34)NC(=O)[C@H]2O)cc1. The second-order valence-corrected chi connectivity index (χ2v) is 7.06. The van der Waals surface area contributed by atoms with E-state index < -0.39 is 11.4 Å². The van der Waals surface area contributed by atoms with Gasteiger partial charge in [-0.2, -0.15) is 0 Å². The molecule has 0 saturated heterocycles. The zero-order valence-electron chi connectivity index (χ0n) is 13.6. The van der Waals surface area contributed by atoms with Gasteiger partial charge >= 0.3 is 0 Å². The summed E-state index contributed by atoms with van der Waals surface area (Å²) in [6, 6.07) is 19.4. The third-order valence-electron chi connectivity index (χ3n) is 4.38. The van der Waals surface area contributed by atoms with E-state index in [0.717, 1.165) is 32.7 Å². The fourth-order valence-corrected chi connectivity index (χ4v) is 4.41. The third kappa shape index (κ3) is 2.86. The quantitative estimate of drug-likeness (QED) is 0.733. The Balaban J connectivity index is 1.83. The molecule has 0 saturated carbocycles. The first-order valence-electron chi connectivity index (χ1n) is 7.98. The number of carbonyl (C=O) groups is 1. The van der Waals surface area contributed by atoms with Gasteiger partial charge in [0.1, 0.15) is 11.9 Å². The van der Waals surface area contributed by atoms with Crippen molar-refractivity contribution in [2.45, 2.75) is 16.2 Å². The number of anilines is 1. The van der Waals surface area contributed by atoms with Crippen molar-refractivity contribution in [2.75, 3.05) is 12.4 Å². The first kappa shape index (κ1) is 16.0. The lowest BCUT2D eigenvalue weighted by atomic mass is 10.1. The van der Waals surface area contributed by atoms with Crippen LogP contribution < -0.4 is 10.1 Å². The molecule has 25 heavy (non-hydrogen) atoms. The molecule has 0 bridgehead atoms. The summed E-state index contributed by atoms with van der Waals surface area (Å²) in [4.78, 5) is 13.4. The summed E-state index contributed by atoms with van der Waals surface area (Å²) in [5.41, 5.74) is 1.62. The van der Waals surface area contributed by atoms with Crippen LogP contribution in [-0.4, -0.2) is 24.2 Å². The number of thioether (sulfide) groups is 1. The van der Waals surface area contributed by atoms with E-state index >= 15 is 0 Å². The molecule has 1 amide bonds. The zero-order valence-corrected chi connectivity index (χ0v) is 14.4. The number of hydrogen-bond acceptors (Lipinski definition) is 4. The van der Waals surface area contributed by atoms with Crippen LogP contribution in [0.5, 0.6) is 5.75 Å². The number of methoxy groups -OCH3 is 1. The maximum Gasteiger partial charge on any atom is 0.254 e. The monoisotopic (exact) mass is 351 g/mol. The maximum atomic E-state index is 12.4. The molecule has 0 radical (unpaired) electrons. The number of hydrogen-bond donors (Lipinski definition) is 2. The summed E-state index contributed by atoms with van der Waals surface area (Å²) in [7, 11) is 1.61. The summed E-state index contributed by atoms with van der Waals surface area (Å²) >= 11 is 1.51. The van der Waals surface area contributed by atoms with Crippen LogP contribution in [0.3, 0.4) is 0 Å². The number of benzene rings is 3. The Hall–Kier alpha value is -2.50. The van der Waals surface area contributed by atoms with Gasteiger partial charge in [0.05, 0.1) is 18.0 Å². The number of carbonyl (C=O) groups excluding carboxylic acids is 1. The van der Waals surface area contributed by atoms with Crippen LogP contribution in [-0.2, 0) is 4.79 Å². The average molecular weight is 351 g/mol. The van der Waals surface area contributed by atoms with Crippen molar-refractivity contribution in [3.05, 3.63) is 66.2 Å². The van der Waals surface area contributed by atoms with Gasteiger partial charge in [-0.05, 0) is 34.5 Å². The Kier molecular flexibility index (Phi) is 4.11. The van der Waals surface area contributed by atoms with E-state index in [0.29, 0.717) is 0 Å². The Morgan fingerprint density at radius 3 is 2.56 bits per heavy atom. The van der Waals surface area contributed by atoms with Gasteiger partial charge in [0.15, 0.2) is 0 Å². The van der Waals surface area contributed by atoms with Crippen molar-refractivity contribution < 1.29 is 14.6 Å². The molecule has 4 rings (SSSR count). The van der Waals surface area contributed by atoms with Crippen LogP contribution >= 0.6 is 11.8 Å². The van der Waals surface area contributed by atoms with Crippen molar-refractivity contribution in [3.8, 4) is 5.75 Å². The molecular weight excluding hydrogens is 334 g/mol. The number of ether oxygens (including phenoxy) is 1. The Bertz CT molecular complexity index is 939. The largest absolute Gasteiger partial charge is 0.497 e. The van der Waals surface area contributed by atoms with Crippen molar-refractivity contribution >= 4 is 34.1 Å². The molecule has 1 aliphatic rings. The third-order valence-corrected chi connectivity index (χ3v) is 5.84. The molecule has 0 spiro atoms. The molecule has 0 aromatic heterocycles. The van der Waals surface area contributed by atoms with Gasteiger partial charge in [-0.3, -0.25) is 4.79 Å². The number of fused-ring (bicyclic) bond motifs is 3. The molecule has 2 atom stereocenters. The molecule has 0 aliphatic carbocycles. The van der Waals surface area contributed by atoms with Crippen LogP contribution in [0.2, 0.25) is 0 Å². The van der Waals surface area contributed by atoms with Gasteiger partial charge in [-0.25, -0.2) is 0 Å². The smallest absolute Gasteiger partial charge is 0.254 e.